The largest absolute Gasteiger partial charge is 0.390 e. The molecule has 3 nitrogen and oxygen atoms in total. The molecule has 2 atom stereocenters. The Morgan fingerprint density at radius 2 is 1.95 bits per heavy atom. The lowest BCUT2D eigenvalue weighted by molar-refractivity contribution is -0.271. The van der Waals surface area contributed by atoms with Crippen LogP contribution in [0.4, 0.5) is 0 Å². The van der Waals surface area contributed by atoms with Crippen molar-refractivity contribution >= 4 is 15.9 Å². The van der Waals surface area contributed by atoms with E-state index in [-0.39, 0.29) is 11.3 Å². The van der Waals surface area contributed by atoms with Crippen LogP contribution in [0.5, 0.6) is 0 Å². The molecule has 0 radical (unpaired) electrons. The quantitative estimate of drug-likeness (QED) is 0.800. The summed E-state index contributed by atoms with van der Waals surface area (Å²) < 4.78 is 12.1. The predicted octanol–water partition coefficient (Wildman–Crippen LogP) is 3.48. The van der Waals surface area contributed by atoms with Crippen LogP contribution in [-0.2, 0) is 9.47 Å². The van der Waals surface area contributed by atoms with Crippen molar-refractivity contribution in [2.45, 2.75) is 64.3 Å². The highest BCUT2D eigenvalue weighted by Gasteiger charge is 2.57. The van der Waals surface area contributed by atoms with Crippen molar-refractivity contribution < 1.29 is 14.6 Å². The summed E-state index contributed by atoms with van der Waals surface area (Å²) in [7, 11) is 0. The number of alkyl halides is 1. The Balaban J connectivity index is 2.18. The second kappa shape index (κ2) is 5.63. The van der Waals surface area contributed by atoms with E-state index in [2.05, 4.69) is 22.9 Å². The molecule has 1 saturated heterocycles. The van der Waals surface area contributed by atoms with Crippen LogP contribution in [0.3, 0.4) is 0 Å². The molecule has 0 bridgehead atoms. The standard InChI is InChI=1S/C15H27BrO3/c1-13(2,17)12-5-7-14(3,6-4-8-16)15(11-12)18-9-10-19-15/h12,17H,4-11H2,1-3H3/t12-,14+/m1/s1. The lowest BCUT2D eigenvalue weighted by atomic mass is 9.62. The van der Waals surface area contributed by atoms with E-state index < -0.39 is 11.4 Å². The molecule has 0 aromatic rings. The van der Waals surface area contributed by atoms with Gasteiger partial charge in [-0.05, 0) is 45.4 Å². The average Bonchev–Trinajstić information content (AvgIpc) is 2.79. The second-order valence-corrected chi connectivity index (χ2v) is 7.69. The highest BCUT2D eigenvalue weighted by molar-refractivity contribution is 9.09. The van der Waals surface area contributed by atoms with E-state index in [1.807, 2.05) is 13.8 Å². The molecule has 1 heterocycles. The van der Waals surface area contributed by atoms with Crippen LogP contribution >= 0.6 is 15.9 Å². The second-order valence-electron chi connectivity index (χ2n) is 6.90. The van der Waals surface area contributed by atoms with Gasteiger partial charge in [0.2, 0.25) is 0 Å². The van der Waals surface area contributed by atoms with Crippen molar-refractivity contribution in [1.29, 1.82) is 0 Å². The zero-order valence-corrected chi connectivity index (χ0v) is 14.0. The van der Waals surface area contributed by atoms with Gasteiger partial charge in [0, 0.05) is 17.2 Å². The molecule has 2 rings (SSSR count). The molecule has 1 saturated carbocycles. The molecule has 0 aromatic heterocycles. The molecule has 2 aliphatic rings. The molecule has 112 valence electrons. The van der Waals surface area contributed by atoms with Crippen LogP contribution in [0.25, 0.3) is 0 Å². The average molecular weight is 335 g/mol. The topological polar surface area (TPSA) is 38.7 Å². The van der Waals surface area contributed by atoms with Gasteiger partial charge in [0.1, 0.15) is 0 Å². The maximum atomic E-state index is 10.3. The first-order valence-electron chi connectivity index (χ1n) is 7.39. The van der Waals surface area contributed by atoms with Crippen LogP contribution < -0.4 is 0 Å². The Kier molecular flexibility index (Phi) is 4.66. The maximum Gasteiger partial charge on any atom is 0.174 e. The first-order chi connectivity index (χ1) is 8.83. The Labute approximate surface area is 125 Å². The Morgan fingerprint density at radius 3 is 2.47 bits per heavy atom. The molecular weight excluding hydrogens is 308 g/mol. The molecule has 0 amide bonds. The fraction of sp³-hybridized carbons (Fsp3) is 1.00. The summed E-state index contributed by atoms with van der Waals surface area (Å²) >= 11 is 3.52. The van der Waals surface area contributed by atoms with Crippen LogP contribution in [0.15, 0.2) is 0 Å². The third-order valence-corrected chi connectivity index (χ3v) is 5.66. The summed E-state index contributed by atoms with van der Waals surface area (Å²) in [6, 6.07) is 0. The zero-order chi connectivity index (χ0) is 14.1. The van der Waals surface area contributed by atoms with Crippen molar-refractivity contribution in [3.8, 4) is 0 Å². The number of aliphatic hydroxyl groups is 1. The van der Waals surface area contributed by atoms with Crippen LogP contribution in [0.2, 0.25) is 0 Å². The van der Waals surface area contributed by atoms with E-state index >= 15 is 0 Å². The monoisotopic (exact) mass is 334 g/mol. The number of rotatable bonds is 4. The van der Waals surface area contributed by atoms with Gasteiger partial charge in [-0.3, -0.25) is 0 Å². The third-order valence-electron chi connectivity index (χ3n) is 5.09. The summed E-state index contributed by atoms with van der Waals surface area (Å²) in [4.78, 5) is 0. The predicted molar refractivity (Wildman–Crippen MR) is 79.4 cm³/mol. The number of hydrogen-bond acceptors (Lipinski definition) is 3. The molecule has 2 fully saturated rings. The molecule has 19 heavy (non-hydrogen) atoms. The lowest BCUT2D eigenvalue weighted by Gasteiger charge is -2.52. The van der Waals surface area contributed by atoms with E-state index in [0.29, 0.717) is 13.2 Å². The van der Waals surface area contributed by atoms with Gasteiger partial charge in [0.05, 0.1) is 18.8 Å². The smallest absolute Gasteiger partial charge is 0.174 e. The van der Waals surface area contributed by atoms with Crippen molar-refractivity contribution in [2.24, 2.45) is 11.3 Å². The third kappa shape index (κ3) is 3.02. The molecular formula is C15H27BrO3. The van der Waals surface area contributed by atoms with Gasteiger partial charge in [-0.15, -0.1) is 0 Å². The first-order valence-corrected chi connectivity index (χ1v) is 8.51. The van der Waals surface area contributed by atoms with Crippen molar-refractivity contribution in [3.05, 3.63) is 0 Å². The van der Waals surface area contributed by atoms with Gasteiger partial charge in [-0.1, -0.05) is 22.9 Å². The van der Waals surface area contributed by atoms with Gasteiger partial charge in [-0.25, -0.2) is 0 Å². The Bertz CT molecular complexity index is 307. The Hall–Kier alpha value is 0.360. The van der Waals surface area contributed by atoms with E-state index in [0.717, 1.165) is 37.4 Å². The lowest BCUT2D eigenvalue weighted by Crippen LogP contribution is -2.55. The minimum absolute atomic E-state index is 0.0685. The van der Waals surface area contributed by atoms with Gasteiger partial charge >= 0.3 is 0 Å². The summed E-state index contributed by atoms with van der Waals surface area (Å²) in [5, 5.41) is 11.3. The van der Waals surface area contributed by atoms with Gasteiger partial charge in [-0.2, -0.15) is 0 Å². The van der Waals surface area contributed by atoms with Crippen LogP contribution in [0, 0.1) is 11.3 Å². The van der Waals surface area contributed by atoms with Crippen molar-refractivity contribution in [1.82, 2.24) is 0 Å². The number of ether oxygens (including phenoxy) is 2. The minimum atomic E-state index is -0.654. The number of halogens is 1. The van der Waals surface area contributed by atoms with Gasteiger partial charge in [0.25, 0.3) is 0 Å². The van der Waals surface area contributed by atoms with Crippen molar-refractivity contribution in [2.75, 3.05) is 18.5 Å². The molecule has 4 heteroatoms. The maximum absolute atomic E-state index is 10.3. The first kappa shape index (κ1) is 15.7. The van der Waals surface area contributed by atoms with E-state index in [9.17, 15) is 5.11 Å². The van der Waals surface area contributed by atoms with E-state index in [4.69, 9.17) is 9.47 Å². The molecule has 1 spiro atoms. The SMILES string of the molecule is CC(C)(O)[C@@H]1CC[C@](C)(CCCBr)C2(C1)OCCO2. The summed E-state index contributed by atoms with van der Waals surface area (Å²) in [6.07, 6.45) is 5.18. The molecule has 0 aromatic carbocycles. The molecule has 1 N–H and O–H groups in total. The van der Waals surface area contributed by atoms with Crippen LogP contribution in [0.1, 0.15) is 52.9 Å². The zero-order valence-electron chi connectivity index (χ0n) is 12.4. The highest BCUT2D eigenvalue weighted by atomic mass is 79.9. The molecule has 0 unspecified atom stereocenters. The van der Waals surface area contributed by atoms with Gasteiger partial charge < -0.3 is 14.6 Å². The summed E-state index contributed by atoms with van der Waals surface area (Å²) in [5.74, 6) is -0.222. The molecule has 1 aliphatic heterocycles. The summed E-state index contributed by atoms with van der Waals surface area (Å²) in [5.41, 5.74) is -0.585. The fourth-order valence-electron chi connectivity index (χ4n) is 3.65. The van der Waals surface area contributed by atoms with Crippen molar-refractivity contribution in [3.63, 3.8) is 0 Å². The molecule has 1 aliphatic carbocycles. The Morgan fingerprint density at radius 1 is 1.32 bits per heavy atom. The highest BCUT2D eigenvalue weighted by Crippen LogP contribution is 2.55. The van der Waals surface area contributed by atoms with E-state index in [1.165, 1.54) is 0 Å². The normalized spacial score (nSPS) is 34.9. The fourth-order valence-corrected chi connectivity index (χ4v) is 3.93. The van der Waals surface area contributed by atoms with E-state index in [1.54, 1.807) is 0 Å². The van der Waals surface area contributed by atoms with Gasteiger partial charge in [0.15, 0.2) is 5.79 Å². The summed E-state index contributed by atoms with van der Waals surface area (Å²) in [6.45, 7) is 7.47. The minimum Gasteiger partial charge on any atom is -0.390 e. The van der Waals surface area contributed by atoms with Crippen LogP contribution in [-0.4, -0.2) is 35.0 Å². The number of hydrogen-bond donors (Lipinski definition) is 1.